The maximum Gasteiger partial charge on any atom is 0.337 e. The molecular formula is C12H17N3O3. The normalized spacial score (nSPS) is 27.1. The molecule has 2 atom stereocenters. The van der Waals surface area contributed by atoms with Gasteiger partial charge in [0.1, 0.15) is 5.82 Å². The fourth-order valence-electron chi connectivity index (χ4n) is 2.01. The lowest BCUT2D eigenvalue weighted by atomic mass is 9.94. The first kappa shape index (κ1) is 12.6. The van der Waals surface area contributed by atoms with Crippen LogP contribution in [0.3, 0.4) is 0 Å². The van der Waals surface area contributed by atoms with Gasteiger partial charge in [0.2, 0.25) is 0 Å². The lowest BCUT2D eigenvalue weighted by Crippen LogP contribution is -2.41. The maximum absolute atomic E-state index is 11.0. The van der Waals surface area contributed by atoms with Gasteiger partial charge in [0.25, 0.3) is 0 Å². The minimum atomic E-state index is -1.06. The molecule has 18 heavy (non-hydrogen) atoms. The number of carboxylic acid groups (broad SMARTS) is 1. The van der Waals surface area contributed by atoms with Gasteiger partial charge in [-0.3, -0.25) is 0 Å². The van der Waals surface area contributed by atoms with Gasteiger partial charge in [-0.1, -0.05) is 0 Å². The summed E-state index contributed by atoms with van der Waals surface area (Å²) in [7, 11) is 0. The van der Waals surface area contributed by atoms with Crippen molar-refractivity contribution in [2.45, 2.75) is 31.9 Å². The van der Waals surface area contributed by atoms with E-state index in [9.17, 15) is 4.79 Å². The summed E-state index contributed by atoms with van der Waals surface area (Å²) >= 11 is 0. The van der Waals surface area contributed by atoms with E-state index in [-0.39, 0.29) is 22.9 Å². The van der Waals surface area contributed by atoms with Crippen molar-refractivity contribution in [3.8, 4) is 0 Å². The number of anilines is 2. The quantitative estimate of drug-likeness (QED) is 0.750. The number of pyridine rings is 1. The second-order valence-electron chi connectivity index (χ2n) is 4.77. The molecule has 0 bridgehead atoms. The molecule has 1 aliphatic rings. The van der Waals surface area contributed by atoms with Crippen LogP contribution < -0.4 is 11.1 Å². The van der Waals surface area contributed by atoms with E-state index in [1.807, 2.05) is 13.8 Å². The molecule has 6 heteroatoms. The van der Waals surface area contributed by atoms with E-state index in [1.165, 1.54) is 12.3 Å². The van der Waals surface area contributed by atoms with Crippen molar-refractivity contribution in [1.29, 1.82) is 0 Å². The van der Waals surface area contributed by atoms with E-state index in [1.54, 1.807) is 0 Å². The zero-order chi connectivity index (χ0) is 13.3. The van der Waals surface area contributed by atoms with Crippen molar-refractivity contribution in [1.82, 2.24) is 4.98 Å². The van der Waals surface area contributed by atoms with Crippen LogP contribution in [-0.4, -0.2) is 34.3 Å². The molecule has 0 radical (unpaired) electrons. The van der Waals surface area contributed by atoms with Crippen LogP contribution >= 0.6 is 0 Å². The molecule has 0 spiro atoms. The van der Waals surface area contributed by atoms with Gasteiger partial charge in [0, 0.05) is 6.61 Å². The fraction of sp³-hybridized carbons (Fsp3) is 0.500. The predicted octanol–water partition coefficient (Wildman–Crippen LogP) is 1.34. The third-order valence-electron chi connectivity index (χ3n) is 3.47. The molecule has 2 heterocycles. The number of ether oxygens (including phenoxy) is 1. The highest BCUT2D eigenvalue weighted by atomic mass is 16.5. The van der Waals surface area contributed by atoms with Crippen molar-refractivity contribution in [3.63, 3.8) is 0 Å². The number of nitrogens with zero attached hydrogens (tertiary/aromatic N) is 1. The van der Waals surface area contributed by atoms with Crippen LogP contribution in [0.25, 0.3) is 0 Å². The third kappa shape index (κ3) is 2.24. The molecule has 1 aromatic heterocycles. The Labute approximate surface area is 105 Å². The number of rotatable bonds is 3. The number of hydrogen-bond donors (Lipinski definition) is 3. The number of aromatic nitrogens is 1. The summed E-state index contributed by atoms with van der Waals surface area (Å²) in [5.41, 5.74) is 5.54. The third-order valence-corrected chi connectivity index (χ3v) is 3.47. The first-order valence-electron chi connectivity index (χ1n) is 5.81. The molecule has 0 aliphatic carbocycles. The van der Waals surface area contributed by atoms with Gasteiger partial charge >= 0.3 is 5.97 Å². The Hall–Kier alpha value is -1.82. The molecular weight excluding hydrogens is 234 g/mol. The number of nitrogen functional groups attached to an aromatic ring is 1. The van der Waals surface area contributed by atoms with Crippen molar-refractivity contribution >= 4 is 17.5 Å². The van der Waals surface area contributed by atoms with Gasteiger partial charge in [-0.25, -0.2) is 9.78 Å². The van der Waals surface area contributed by atoms with Crippen LogP contribution in [0, 0.1) is 0 Å². The highest BCUT2D eigenvalue weighted by Gasteiger charge is 2.37. The van der Waals surface area contributed by atoms with E-state index in [0.717, 1.165) is 6.42 Å². The number of hydrogen-bond acceptors (Lipinski definition) is 5. The lowest BCUT2D eigenvalue weighted by Gasteiger charge is -2.29. The molecule has 1 aliphatic heterocycles. The highest BCUT2D eigenvalue weighted by molar-refractivity contribution is 5.94. The summed E-state index contributed by atoms with van der Waals surface area (Å²) < 4.78 is 5.51. The fourth-order valence-corrected chi connectivity index (χ4v) is 2.01. The van der Waals surface area contributed by atoms with E-state index < -0.39 is 5.97 Å². The Balaban J connectivity index is 2.25. The summed E-state index contributed by atoms with van der Waals surface area (Å²) in [6.45, 7) is 4.70. The molecule has 1 fully saturated rings. The molecule has 4 N–H and O–H groups in total. The number of carboxylic acids is 1. The maximum atomic E-state index is 11.0. The van der Waals surface area contributed by atoms with Crippen LogP contribution in [0.2, 0.25) is 0 Å². The van der Waals surface area contributed by atoms with Crippen LogP contribution in [-0.2, 0) is 4.74 Å². The standard InChI is InChI=1S/C12H17N3O3/c1-7-12(2,3-4-18-7)15-10-5-8(11(16)17)9(13)6-14-10/h5-7H,3-4,13H2,1-2H3,(H,14,15)(H,16,17). The zero-order valence-corrected chi connectivity index (χ0v) is 10.4. The van der Waals surface area contributed by atoms with Crippen molar-refractivity contribution in [3.05, 3.63) is 17.8 Å². The molecule has 1 saturated heterocycles. The number of nitrogens with two attached hydrogens (primary N) is 1. The first-order chi connectivity index (χ1) is 8.42. The van der Waals surface area contributed by atoms with Gasteiger partial charge in [-0.05, 0) is 26.3 Å². The summed E-state index contributed by atoms with van der Waals surface area (Å²) in [6.07, 6.45) is 2.25. The van der Waals surface area contributed by atoms with Gasteiger partial charge in [-0.15, -0.1) is 0 Å². The van der Waals surface area contributed by atoms with Crippen LogP contribution in [0.4, 0.5) is 11.5 Å². The zero-order valence-electron chi connectivity index (χ0n) is 10.4. The smallest absolute Gasteiger partial charge is 0.337 e. The Kier molecular flexibility index (Phi) is 3.13. The molecule has 2 rings (SSSR count). The monoisotopic (exact) mass is 251 g/mol. The Morgan fingerprint density at radius 2 is 2.44 bits per heavy atom. The highest BCUT2D eigenvalue weighted by Crippen LogP contribution is 2.29. The topological polar surface area (TPSA) is 97.5 Å². The van der Waals surface area contributed by atoms with Crippen molar-refractivity contribution in [2.24, 2.45) is 0 Å². The van der Waals surface area contributed by atoms with Gasteiger partial charge in [0.15, 0.2) is 0 Å². The Morgan fingerprint density at radius 3 is 3.00 bits per heavy atom. The van der Waals surface area contributed by atoms with Crippen LogP contribution in [0.1, 0.15) is 30.6 Å². The number of nitrogens with one attached hydrogen (secondary N) is 1. The lowest BCUT2D eigenvalue weighted by molar-refractivity contribution is 0.0698. The molecule has 0 aromatic carbocycles. The molecule has 1 aromatic rings. The SMILES string of the molecule is CC1OCCC1(C)Nc1cc(C(=O)O)c(N)cn1. The number of aromatic carboxylic acids is 1. The van der Waals surface area contributed by atoms with Crippen LogP contribution in [0.5, 0.6) is 0 Å². The van der Waals surface area contributed by atoms with Crippen molar-refractivity contribution < 1.29 is 14.6 Å². The largest absolute Gasteiger partial charge is 0.478 e. The Morgan fingerprint density at radius 1 is 1.72 bits per heavy atom. The van der Waals surface area contributed by atoms with E-state index >= 15 is 0 Å². The summed E-state index contributed by atoms with van der Waals surface area (Å²) in [5, 5.41) is 12.2. The summed E-state index contributed by atoms with van der Waals surface area (Å²) in [4.78, 5) is 15.1. The minimum Gasteiger partial charge on any atom is -0.478 e. The van der Waals surface area contributed by atoms with Crippen molar-refractivity contribution in [2.75, 3.05) is 17.7 Å². The van der Waals surface area contributed by atoms with Gasteiger partial charge in [0.05, 0.1) is 29.1 Å². The second kappa shape index (κ2) is 4.45. The number of carbonyl (C=O) groups is 1. The first-order valence-corrected chi connectivity index (χ1v) is 5.81. The molecule has 0 saturated carbocycles. The molecule has 98 valence electrons. The average molecular weight is 251 g/mol. The average Bonchev–Trinajstić information content (AvgIpc) is 2.62. The van der Waals surface area contributed by atoms with E-state index in [4.69, 9.17) is 15.6 Å². The minimum absolute atomic E-state index is 0.0464. The van der Waals surface area contributed by atoms with E-state index in [2.05, 4.69) is 10.3 Å². The van der Waals surface area contributed by atoms with Gasteiger partial charge < -0.3 is 20.9 Å². The molecule has 0 amide bonds. The van der Waals surface area contributed by atoms with Gasteiger partial charge in [-0.2, -0.15) is 0 Å². The summed E-state index contributed by atoms with van der Waals surface area (Å²) in [5.74, 6) is -0.555. The summed E-state index contributed by atoms with van der Waals surface area (Å²) in [6, 6.07) is 1.45. The van der Waals surface area contributed by atoms with Crippen LogP contribution in [0.15, 0.2) is 12.3 Å². The molecule has 6 nitrogen and oxygen atoms in total. The second-order valence-corrected chi connectivity index (χ2v) is 4.77. The molecule has 2 unspecified atom stereocenters. The Bertz CT molecular complexity index is 478. The van der Waals surface area contributed by atoms with E-state index in [0.29, 0.717) is 12.4 Å². The predicted molar refractivity (Wildman–Crippen MR) is 67.7 cm³/mol.